The second kappa shape index (κ2) is 7.37. The second-order valence-corrected chi connectivity index (χ2v) is 4.88. The molecule has 0 aliphatic rings. The normalized spacial score (nSPS) is 13.8. The largest absolute Gasteiger partial charge is 0.422 e. The van der Waals surface area contributed by atoms with Gasteiger partial charge in [0.15, 0.2) is 0 Å². The monoisotopic (exact) mass is 332 g/mol. The van der Waals surface area contributed by atoms with E-state index in [1.807, 2.05) is 0 Å². The van der Waals surface area contributed by atoms with Crippen LogP contribution in [-0.4, -0.2) is 29.6 Å². The van der Waals surface area contributed by atoms with Crippen LogP contribution in [0, 0.1) is 0 Å². The summed E-state index contributed by atoms with van der Waals surface area (Å²) in [6.45, 7) is 2.87. The lowest BCUT2D eigenvalue weighted by Gasteiger charge is -2.27. The van der Waals surface area contributed by atoms with Crippen molar-refractivity contribution in [1.29, 1.82) is 0 Å². The van der Waals surface area contributed by atoms with Crippen LogP contribution in [0.5, 0.6) is 5.75 Å². The maximum Gasteiger partial charge on any atom is 0.384 e. The van der Waals surface area contributed by atoms with Crippen LogP contribution in [0.2, 0.25) is 0 Å². The van der Waals surface area contributed by atoms with E-state index in [2.05, 4.69) is 19.2 Å². The molecule has 120 valence electrons. The van der Waals surface area contributed by atoms with Crippen molar-refractivity contribution in [3.8, 4) is 5.75 Å². The lowest BCUT2D eigenvalue weighted by Crippen LogP contribution is -2.47. The van der Waals surface area contributed by atoms with Gasteiger partial charge >= 0.3 is 23.0 Å². The van der Waals surface area contributed by atoms with E-state index >= 15 is 0 Å². The fourth-order valence-electron chi connectivity index (χ4n) is 1.28. The molecule has 1 aromatic rings. The Morgan fingerprint density at radius 1 is 1.32 bits per heavy atom. The number of hydrogen-bond donors (Lipinski definition) is 1. The van der Waals surface area contributed by atoms with E-state index in [0.717, 1.165) is 13.0 Å². The van der Waals surface area contributed by atoms with Gasteiger partial charge in [0.05, 0.1) is 0 Å². The number of carbonyl (C=O) groups is 2. The van der Waals surface area contributed by atoms with Crippen LogP contribution in [0.15, 0.2) is 43.0 Å². The molecular weight excluding hydrogens is 318 g/mol. The molecule has 8 heteroatoms. The molecule has 0 radical (unpaired) electrons. The molecule has 22 heavy (non-hydrogen) atoms. The molecule has 0 amide bonds. The quantitative estimate of drug-likeness (QED) is 0.273. The number of esters is 2. The van der Waals surface area contributed by atoms with E-state index in [0.29, 0.717) is 0 Å². The maximum atomic E-state index is 12.8. The van der Waals surface area contributed by atoms with Crippen LogP contribution in [0.3, 0.4) is 0 Å². The first-order valence-corrected chi connectivity index (χ1v) is 6.48. The van der Waals surface area contributed by atoms with Gasteiger partial charge in [0.1, 0.15) is 12.4 Å². The third kappa shape index (κ3) is 5.82. The zero-order valence-corrected chi connectivity index (χ0v) is 12.5. The van der Waals surface area contributed by atoms with Gasteiger partial charge < -0.3 is 14.2 Å². The van der Waals surface area contributed by atoms with E-state index in [-0.39, 0.29) is 5.75 Å². The summed E-state index contributed by atoms with van der Waals surface area (Å²) in [4.78, 5) is 23.3. The fourth-order valence-corrected chi connectivity index (χ4v) is 1.34. The average molecular weight is 332 g/mol. The molecule has 0 bridgehead atoms. The van der Waals surface area contributed by atoms with Crippen molar-refractivity contribution in [2.75, 3.05) is 6.61 Å². The number of carbonyl (C=O) groups excluding carboxylic acids is 2. The van der Waals surface area contributed by atoms with E-state index in [9.17, 15) is 18.4 Å². The molecule has 1 unspecified atom stereocenters. The molecule has 0 saturated heterocycles. The first-order chi connectivity index (χ1) is 10.2. The van der Waals surface area contributed by atoms with Gasteiger partial charge in [0.2, 0.25) is 0 Å². The number of rotatable bonds is 7. The zero-order chi connectivity index (χ0) is 16.8. The van der Waals surface area contributed by atoms with Crippen LogP contribution in [0.25, 0.3) is 0 Å². The Bertz CT molecular complexity index is 544. The minimum Gasteiger partial charge on any atom is -0.422 e. The van der Waals surface area contributed by atoms with Gasteiger partial charge in [-0.1, -0.05) is 24.8 Å². The van der Waals surface area contributed by atoms with Crippen molar-refractivity contribution < 1.29 is 32.6 Å². The summed E-state index contributed by atoms with van der Waals surface area (Å²) in [5.41, 5.74) is 0. The van der Waals surface area contributed by atoms with Gasteiger partial charge in [0, 0.05) is 13.0 Å². The number of ether oxygens (including phenoxy) is 3. The predicted molar refractivity (Wildman–Crippen MR) is 76.7 cm³/mol. The highest BCUT2D eigenvalue weighted by molar-refractivity contribution is 7.81. The molecular formula is C14H14F2O5S. The van der Waals surface area contributed by atoms with Gasteiger partial charge in [-0.3, -0.25) is 0 Å². The smallest absolute Gasteiger partial charge is 0.384 e. The lowest BCUT2D eigenvalue weighted by molar-refractivity contribution is -0.237. The first kappa shape index (κ1) is 18.1. The van der Waals surface area contributed by atoms with Crippen molar-refractivity contribution in [3.05, 3.63) is 43.0 Å². The number of halogens is 2. The fraction of sp³-hybridized carbons (Fsp3) is 0.286. The Hall–Kier alpha value is -1.93. The van der Waals surface area contributed by atoms with Crippen LogP contribution in [-0.2, 0) is 19.1 Å². The van der Waals surface area contributed by atoms with Gasteiger partial charge in [-0.2, -0.15) is 8.78 Å². The summed E-state index contributed by atoms with van der Waals surface area (Å²) in [5, 5.41) is -3.52. The highest BCUT2D eigenvalue weighted by atomic mass is 32.1. The molecule has 5 nitrogen and oxygen atoms in total. The second-order valence-electron chi connectivity index (χ2n) is 4.23. The number of para-hydroxylation sites is 1. The van der Waals surface area contributed by atoms with E-state index in [4.69, 9.17) is 14.2 Å². The predicted octanol–water partition coefficient (Wildman–Crippen LogP) is 2.58. The summed E-state index contributed by atoms with van der Waals surface area (Å²) in [6, 6.07) is 7.80. The third-order valence-corrected chi connectivity index (χ3v) is 2.44. The summed E-state index contributed by atoms with van der Waals surface area (Å²) in [6.07, 6.45) is 0.760. The molecule has 1 rings (SSSR count). The third-order valence-electron chi connectivity index (χ3n) is 2.31. The van der Waals surface area contributed by atoms with Gasteiger partial charge in [-0.15, -0.1) is 12.6 Å². The average Bonchev–Trinajstić information content (AvgIpc) is 2.45. The minimum atomic E-state index is -3.52. The van der Waals surface area contributed by atoms with Gasteiger partial charge in [-0.05, 0) is 12.1 Å². The molecule has 1 atom stereocenters. The lowest BCUT2D eigenvalue weighted by atomic mass is 10.3. The Labute approximate surface area is 131 Å². The van der Waals surface area contributed by atoms with Crippen LogP contribution in [0.4, 0.5) is 8.78 Å². The highest BCUT2D eigenvalue weighted by Crippen LogP contribution is 2.24. The molecule has 0 aliphatic heterocycles. The molecule has 0 saturated carbocycles. The maximum absolute atomic E-state index is 12.8. The standard InChI is InChI=1S/C14H14F2O5S/c1-3-11(17)21-13(2,19-9-14(15,16)22)12(18)20-10-7-5-4-6-8-10/h3-8,22H,1,9H2,2H3. The molecule has 0 heterocycles. The number of benzene rings is 1. The summed E-state index contributed by atoms with van der Waals surface area (Å²) < 4.78 is 39.9. The Balaban J connectivity index is 2.90. The van der Waals surface area contributed by atoms with E-state index < -0.39 is 29.6 Å². The van der Waals surface area contributed by atoms with Crippen molar-refractivity contribution in [3.63, 3.8) is 0 Å². The molecule has 0 aromatic heterocycles. The van der Waals surface area contributed by atoms with Crippen LogP contribution >= 0.6 is 12.6 Å². The Kier molecular flexibility index (Phi) is 6.07. The molecule has 0 N–H and O–H groups in total. The summed E-state index contributed by atoms with van der Waals surface area (Å²) >= 11 is 2.98. The van der Waals surface area contributed by atoms with Gasteiger partial charge in [-0.25, -0.2) is 9.59 Å². The highest BCUT2D eigenvalue weighted by Gasteiger charge is 2.43. The molecule has 1 aromatic carbocycles. The Morgan fingerprint density at radius 2 is 1.91 bits per heavy atom. The topological polar surface area (TPSA) is 61.8 Å². The van der Waals surface area contributed by atoms with Crippen LogP contribution < -0.4 is 4.74 Å². The molecule has 0 aliphatic carbocycles. The van der Waals surface area contributed by atoms with Gasteiger partial charge in [0.25, 0.3) is 0 Å². The van der Waals surface area contributed by atoms with Crippen molar-refractivity contribution in [2.45, 2.75) is 18.0 Å². The number of alkyl halides is 2. The minimum absolute atomic E-state index is 0.134. The molecule has 0 spiro atoms. The first-order valence-electron chi connectivity index (χ1n) is 6.03. The Morgan fingerprint density at radius 3 is 2.41 bits per heavy atom. The van der Waals surface area contributed by atoms with Crippen molar-refractivity contribution >= 4 is 24.6 Å². The van der Waals surface area contributed by atoms with Crippen molar-refractivity contribution in [1.82, 2.24) is 0 Å². The number of thiol groups is 1. The van der Waals surface area contributed by atoms with Crippen molar-refractivity contribution in [2.24, 2.45) is 0 Å². The van der Waals surface area contributed by atoms with E-state index in [1.54, 1.807) is 18.2 Å². The number of hydrogen-bond acceptors (Lipinski definition) is 6. The SMILES string of the molecule is C=CC(=O)OC(C)(OCC(F)(F)S)C(=O)Oc1ccccc1. The summed E-state index contributed by atoms with van der Waals surface area (Å²) in [5.74, 6) is -4.44. The molecule has 0 fully saturated rings. The van der Waals surface area contributed by atoms with E-state index in [1.165, 1.54) is 12.1 Å². The zero-order valence-electron chi connectivity index (χ0n) is 11.6. The van der Waals surface area contributed by atoms with Crippen LogP contribution in [0.1, 0.15) is 6.92 Å². The summed E-state index contributed by atoms with van der Waals surface area (Å²) in [7, 11) is 0.